The first-order valence-corrected chi connectivity index (χ1v) is 10.4. The summed E-state index contributed by atoms with van der Waals surface area (Å²) in [6.45, 7) is 5.18. The van der Waals surface area contributed by atoms with Crippen LogP contribution in [0.25, 0.3) is 11.5 Å². The van der Waals surface area contributed by atoms with Gasteiger partial charge in [-0.05, 0) is 18.7 Å². The number of fused-ring (bicyclic) bond motifs is 1. The summed E-state index contributed by atoms with van der Waals surface area (Å²) in [5.41, 5.74) is 0.887. The van der Waals surface area contributed by atoms with E-state index in [0.717, 1.165) is 25.2 Å². The Morgan fingerprint density at radius 2 is 1.80 bits per heavy atom. The number of piperazine rings is 1. The van der Waals surface area contributed by atoms with E-state index >= 15 is 0 Å². The van der Waals surface area contributed by atoms with Gasteiger partial charge in [0.25, 0.3) is 5.89 Å². The quantitative estimate of drug-likeness (QED) is 0.804. The number of sulfone groups is 1. The van der Waals surface area contributed by atoms with Crippen molar-refractivity contribution in [1.29, 1.82) is 0 Å². The molecule has 7 nitrogen and oxygen atoms in total. The van der Waals surface area contributed by atoms with Crippen molar-refractivity contribution < 1.29 is 12.9 Å². The Morgan fingerprint density at radius 3 is 2.52 bits per heavy atom. The lowest BCUT2D eigenvalue weighted by Gasteiger charge is -2.43. The molecule has 0 bridgehead atoms. The minimum Gasteiger partial charge on any atom is -0.334 e. The predicted octanol–water partition coefficient (Wildman–Crippen LogP) is 1.04. The number of benzene rings is 1. The molecule has 25 heavy (non-hydrogen) atoms. The number of hydrogen-bond donors (Lipinski definition) is 0. The van der Waals surface area contributed by atoms with Gasteiger partial charge in [0.1, 0.15) is 0 Å². The highest BCUT2D eigenvalue weighted by molar-refractivity contribution is 7.91. The Bertz CT molecular complexity index is 837. The van der Waals surface area contributed by atoms with Crippen molar-refractivity contribution >= 4 is 9.84 Å². The largest absolute Gasteiger partial charge is 0.334 e. The van der Waals surface area contributed by atoms with Crippen LogP contribution in [0.5, 0.6) is 0 Å². The lowest BCUT2D eigenvalue weighted by atomic mass is 10.0. The van der Waals surface area contributed by atoms with Crippen LogP contribution in [0.2, 0.25) is 0 Å². The maximum absolute atomic E-state index is 12.1. The minimum absolute atomic E-state index is 0.0115. The highest BCUT2D eigenvalue weighted by Gasteiger charge is 2.46. The van der Waals surface area contributed by atoms with Gasteiger partial charge in [-0.15, -0.1) is 0 Å². The van der Waals surface area contributed by atoms with Crippen LogP contribution >= 0.6 is 0 Å². The van der Waals surface area contributed by atoms with Gasteiger partial charge in [-0.25, -0.2) is 8.42 Å². The standard InChI is InChI=1S/C17H22N4O3S/c1-2-20-8-9-21(15-12-25(22,23)11-14(15)20)10-16-18-17(24-19-16)13-6-4-3-5-7-13/h3-7,14-15H,2,8-12H2,1H3/t14-,15+/m1/s1. The number of aromatic nitrogens is 2. The van der Waals surface area contributed by atoms with E-state index in [9.17, 15) is 8.42 Å². The maximum atomic E-state index is 12.1. The normalized spacial score (nSPS) is 26.6. The van der Waals surface area contributed by atoms with Crippen molar-refractivity contribution in [2.24, 2.45) is 0 Å². The number of nitrogens with zero attached hydrogens (tertiary/aromatic N) is 4. The van der Waals surface area contributed by atoms with Gasteiger partial charge in [-0.3, -0.25) is 9.80 Å². The van der Waals surface area contributed by atoms with Crippen molar-refractivity contribution in [1.82, 2.24) is 19.9 Å². The second-order valence-corrected chi connectivity index (χ2v) is 8.85. The second kappa shape index (κ2) is 6.51. The van der Waals surface area contributed by atoms with Crippen molar-refractivity contribution in [3.63, 3.8) is 0 Å². The van der Waals surface area contributed by atoms with Gasteiger partial charge in [0.15, 0.2) is 15.7 Å². The molecule has 2 aliphatic heterocycles. The summed E-state index contributed by atoms with van der Waals surface area (Å²) in [6.07, 6.45) is 0. The highest BCUT2D eigenvalue weighted by Crippen LogP contribution is 2.28. The Balaban J connectivity index is 1.52. The lowest BCUT2D eigenvalue weighted by Crippen LogP contribution is -2.58. The molecule has 134 valence electrons. The molecule has 2 aromatic rings. The van der Waals surface area contributed by atoms with Crippen molar-refractivity contribution in [3.05, 3.63) is 36.2 Å². The zero-order chi connectivity index (χ0) is 17.4. The fourth-order valence-electron chi connectivity index (χ4n) is 3.88. The Kier molecular flexibility index (Phi) is 4.35. The number of rotatable bonds is 4. The first kappa shape index (κ1) is 16.7. The molecular weight excluding hydrogens is 340 g/mol. The third kappa shape index (κ3) is 3.33. The van der Waals surface area contributed by atoms with Crippen LogP contribution < -0.4 is 0 Å². The van der Waals surface area contributed by atoms with E-state index in [1.165, 1.54) is 0 Å². The van der Waals surface area contributed by atoms with Crippen LogP contribution in [-0.2, 0) is 16.4 Å². The van der Waals surface area contributed by atoms with E-state index in [2.05, 4.69) is 26.9 Å². The topological polar surface area (TPSA) is 79.5 Å². The summed E-state index contributed by atoms with van der Waals surface area (Å²) < 4.78 is 29.7. The van der Waals surface area contributed by atoms with E-state index in [1.54, 1.807) is 0 Å². The monoisotopic (exact) mass is 362 g/mol. The summed E-state index contributed by atoms with van der Waals surface area (Å²) in [4.78, 5) is 8.95. The third-order valence-electron chi connectivity index (χ3n) is 5.15. The van der Waals surface area contributed by atoms with Gasteiger partial charge in [-0.1, -0.05) is 30.3 Å². The molecule has 0 spiro atoms. The first-order valence-electron chi connectivity index (χ1n) is 8.62. The molecule has 3 heterocycles. The SMILES string of the molecule is CCN1CCN(Cc2noc(-c3ccccc3)n2)[C@H]2CS(=O)(=O)C[C@H]21. The third-order valence-corrected chi connectivity index (χ3v) is 6.84. The molecule has 1 aromatic carbocycles. The van der Waals surface area contributed by atoms with Crippen molar-refractivity contribution in [3.8, 4) is 11.5 Å². The molecule has 8 heteroatoms. The number of likely N-dealkylation sites (N-methyl/N-ethyl adjacent to an activating group) is 1. The molecule has 1 aromatic heterocycles. The molecule has 2 aliphatic rings. The zero-order valence-electron chi connectivity index (χ0n) is 14.2. The smallest absolute Gasteiger partial charge is 0.257 e. The van der Waals surface area contributed by atoms with E-state index in [4.69, 9.17) is 4.52 Å². The molecule has 0 N–H and O–H groups in total. The highest BCUT2D eigenvalue weighted by atomic mass is 32.2. The summed E-state index contributed by atoms with van der Waals surface area (Å²) in [5.74, 6) is 1.58. The van der Waals surface area contributed by atoms with E-state index in [-0.39, 0.29) is 23.6 Å². The molecule has 0 unspecified atom stereocenters. The van der Waals surface area contributed by atoms with Gasteiger partial charge < -0.3 is 4.52 Å². The zero-order valence-corrected chi connectivity index (χ0v) is 15.0. The van der Waals surface area contributed by atoms with Gasteiger partial charge >= 0.3 is 0 Å². The van der Waals surface area contributed by atoms with Crippen LogP contribution in [0.15, 0.2) is 34.9 Å². The maximum Gasteiger partial charge on any atom is 0.257 e. The first-order chi connectivity index (χ1) is 12.1. The minimum atomic E-state index is -2.98. The number of hydrogen-bond acceptors (Lipinski definition) is 7. The van der Waals surface area contributed by atoms with Gasteiger partial charge in [0.05, 0.1) is 18.1 Å². The Morgan fingerprint density at radius 1 is 1.12 bits per heavy atom. The molecule has 2 fully saturated rings. The fourth-order valence-corrected chi connectivity index (χ4v) is 5.93. The summed E-state index contributed by atoms with van der Waals surface area (Å²) in [6, 6.07) is 9.73. The molecule has 0 saturated carbocycles. The molecule has 2 saturated heterocycles. The lowest BCUT2D eigenvalue weighted by molar-refractivity contribution is 0.0419. The van der Waals surface area contributed by atoms with Crippen molar-refractivity contribution in [2.45, 2.75) is 25.6 Å². The van der Waals surface area contributed by atoms with Crippen LogP contribution in [0.1, 0.15) is 12.7 Å². The average molecular weight is 362 g/mol. The molecule has 0 amide bonds. The van der Waals surface area contributed by atoms with Gasteiger partial charge in [0, 0.05) is 30.7 Å². The van der Waals surface area contributed by atoms with E-state index in [1.807, 2.05) is 30.3 Å². The van der Waals surface area contributed by atoms with E-state index < -0.39 is 9.84 Å². The average Bonchev–Trinajstić information content (AvgIpc) is 3.19. The van der Waals surface area contributed by atoms with Crippen LogP contribution in [0, 0.1) is 0 Å². The van der Waals surface area contributed by atoms with E-state index in [0.29, 0.717) is 18.3 Å². The predicted molar refractivity (Wildman–Crippen MR) is 93.6 cm³/mol. The Labute approximate surface area is 147 Å². The molecule has 2 atom stereocenters. The summed E-state index contributed by atoms with van der Waals surface area (Å²) >= 11 is 0. The van der Waals surface area contributed by atoms with Gasteiger partial charge in [-0.2, -0.15) is 4.98 Å². The van der Waals surface area contributed by atoms with Crippen LogP contribution in [0.4, 0.5) is 0 Å². The molecule has 0 aliphatic carbocycles. The molecule has 0 radical (unpaired) electrons. The molecular formula is C17H22N4O3S. The van der Waals surface area contributed by atoms with Crippen molar-refractivity contribution in [2.75, 3.05) is 31.1 Å². The second-order valence-electron chi connectivity index (χ2n) is 6.69. The summed E-state index contributed by atoms with van der Waals surface area (Å²) in [7, 11) is -2.98. The molecule has 4 rings (SSSR count). The fraction of sp³-hybridized carbons (Fsp3) is 0.529. The van der Waals surface area contributed by atoms with Crippen LogP contribution in [-0.4, -0.2) is 71.6 Å². The summed E-state index contributed by atoms with van der Waals surface area (Å²) in [5, 5.41) is 4.09. The Hall–Kier alpha value is -1.77. The van der Waals surface area contributed by atoms with Crippen LogP contribution in [0.3, 0.4) is 0 Å². The van der Waals surface area contributed by atoms with Gasteiger partial charge in [0.2, 0.25) is 0 Å².